The van der Waals surface area contributed by atoms with Crippen molar-refractivity contribution in [3.05, 3.63) is 34.9 Å². The second-order valence-corrected chi connectivity index (χ2v) is 5.53. The summed E-state index contributed by atoms with van der Waals surface area (Å²) >= 11 is 5.97. The summed E-state index contributed by atoms with van der Waals surface area (Å²) in [6.07, 6.45) is 6.86. The molecular weight excluding hydrogens is 230 g/mol. The molecule has 1 aliphatic carbocycles. The minimum Gasteiger partial charge on any atom is -0.320 e. The van der Waals surface area contributed by atoms with Gasteiger partial charge in [0.1, 0.15) is 0 Å². The van der Waals surface area contributed by atoms with Crippen LogP contribution in [0.25, 0.3) is 0 Å². The lowest BCUT2D eigenvalue weighted by molar-refractivity contribution is 0.408. The molecule has 0 heterocycles. The molecule has 0 saturated heterocycles. The Morgan fingerprint density at radius 3 is 2.47 bits per heavy atom. The molecule has 2 rings (SSSR count). The average Bonchev–Trinajstić information content (AvgIpc) is 2.85. The van der Waals surface area contributed by atoms with Gasteiger partial charge in [-0.25, -0.2) is 0 Å². The molecule has 1 aromatic carbocycles. The zero-order chi connectivity index (χ0) is 12.1. The van der Waals surface area contributed by atoms with Crippen molar-refractivity contribution < 1.29 is 0 Å². The summed E-state index contributed by atoms with van der Waals surface area (Å²) in [5.41, 5.74) is 1.47. The first-order chi connectivity index (χ1) is 8.31. The highest BCUT2D eigenvalue weighted by atomic mass is 35.5. The Hall–Kier alpha value is -0.530. The van der Waals surface area contributed by atoms with Gasteiger partial charge in [0.2, 0.25) is 0 Å². The Morgan fingerprint density at radius 2 is 1.88 bits per heavy atom. The highest BCUT2D eigenvalue weighted by molar-refractivity contribution is 6.30. The molecule has 1 saturated carbocycles. The first-order valence-electron chi connectivity index (χ1n) is 6.71. The van der Waals surface area contributed by atoms with Crippen LogP contribution in [-0.2, 0) is 0 Å². The molecular formula is C15H22ClN. The van der Waals surface area contributed by atoms with Gasteiger partial charge in [0.25, 0.3) is 0 Å². The first kappa shape index (κ1) is 12.9. The van der Waals surface area contributed by atoms with Gasteiger partial charge in [-0.3, -0.25) is 0 Å². The molecule has 0 spiro atoms. The highest BCUT2D eigenvalue weighted by Crippen LogP contribution is 2.39. The molecule has 2 heteroatoms. The zero-order valence-corrected chi connectivity index (χ0v) is 11.3. The van der Waals surface area contributed by atoms with Crippen LogP contribution in [0.1, 0.15) is 43.6 Å². The second-order valence-electron chi connectivity index (χ2n) is 5.09. The Bertz CT molecular complexity index is 327. The summed E-state index contributed by atoms with van der Waals surface area (Å²) in [6, 6.07) is 8.47. The number of nitrogens with one attached hydrogen (secondary N) is 1. The van der Waals surface area contributed by atoms with Crippen molar-refractivity contribution >= 4 is 11.6 Å². The molecule has 1 atom stereocenters. The van der Waals surface area contributed by atoms with Crippen molar-refractivity contribution in [2.45, 2.75) is 38.0 Å². The third-order valence-electron chi connectivity index (χ3n) is 3.97. The molecule has 1 aliphatic rings. The molecule has 1 fully saturated rings. The van der Waals surface area contributed by atoms with E-state index in [-0.39, 0.29) is 0 Å². The Kier molecular flexibility index (Phi) is 4.87. The lowest BCUT2D eigenvalue weighted by Crippen LogP contribution is -2.17. The maximum atomic E-state index is 5.97. The SMILES string of the molecule is CNCCC(c1ccc(Cl)cc1)C1CCCC1. The van der Waals surface area contributed by atoms with E-state index >= 15 is 0 Å². The van der Waals surface area contributed by atoms with Gasteiger partial charge in [0, 0.05) is 5.02 Å². The van der Waals surface area contributed by atoms with Crippen molar-refractivity contribution in [3.8, 4) is 0 Å². The van der Waals surface area contributed by atoms with Gasteiger partial charge in [-0.15, -0.1) is 0 Å². The monoisotopic (exact) mass is 251 g/mol. The summed E-state index contributed by atoms with van der Waals surface area (Å²) in [4.78, 5) is 0. The lowest BCUT2D eigenvalue weighted by atomic mass is 9.82. The predicted octanol–water partition coefficient (Wildman–Crippen LogP) is 4.22. The van der Waals surface area contributed by atoms with Crippen LogP contribution in [0, 0.1) is 5.92 Å². The van der Waals surface area contributed by atoms with E-state index in [1.807, 2.05) is 19.2 Å². The van der Waals surface area contributed by atoms with Gasteiger partial charge < -0.3 is 5.32 Å². The summed E-state index contributed by atoms with van der Waals surface area (Å²) < 4.78 is 0. The summed E-state index contributed by atoms with van der Waals surface area (Å²) in [6.45, 7) is 1.10. The van der Waals surface area contributed by atoms with E-state index < -0.39 is 0 Å². The van der Waals surface area contributed by atoms with Crippen LogP contribution >= 0.6 is 11.6 Å². The van der Waals surface area contributed by atoms with Crippen LogP contribution < -0.4 is 5.32 Å². The van der Waals surface area contributed by atoms with E-state index in [2.05, 4.69) is 17.4 Å². The molecule has 1 nitrogen and oxygen atoms in total. The maximum Gasteiger partial charge on any atom is 0.0406 e. The smallest absolute Gasteiger partial charge is 0.0406 e. The molecule has 1 N–H and O–H groups in total. The normalized spacial score (nSPS) is 18.5. The Balaban J connectivity index is 2.10. The fraction of sp³-hybridized carbons (Fsp3) is 0.600. The number of halogens is 1. The van der Waals surface area contributed by atoms with Crippen molar-refractivity contribution in [2.24, 2.45) is 5.92 Å². The number of rotatable bonds is 5. The number of hydrogen-bond acceptors (Lipinski definition) is 1. The van der Waals surface area contributed by atoms with E-state index in [1.54, 1.807) is 0 Å². The Morgan fingerprint density at radius 1 is 1.24 bits per heavy atom. The average molecular weight is 252 g/mol. The third kappa shape index (κ3) is 3.46. The third-order valence-corrected chi connectivity index (χ3v) is 4.22. The number of hydrogen-bond donors (Lipinski definition) is 1. The van der Waals surface area contributed by atoms with Crippen molar-refractivity contribution in [2.75, 3.05) is 13.6 Å². The minimum atomic E-state index is 0.710. The van der Waals surface area contributed by atoms with Crippen LogP contribution in [0.3, 0.4) is 0 Å². The van der Waals surface area contributed by atoms with Crippen molar-refractivity contribution in [1.82, 2.24) is 5.32 Å². The van der Waals surface area contributed by atoms with Gasteiger partial charge in [-0.05, 0) is 62.4 Å². The molecule has 0 radical (unpaired) electrons. The topological polar surface area (TPSA) is 12.0 Å². The van der Waals surface area contributed by atoms with Crippen LogP contribution in [0.4, 0.5) is 0 Å². The fourth-order valence-corrected chi connectivity index (χ4v) is 3.17. The maximum absolute atomic E-state index is 5.97. The van der Waals surface area contributed by atoms with Gasteiger partial charge in [0.05, 0.1) is 0 Å². The van der Waals surface area contributed by atoms with Crippen LogP contribution in [-0.4, -0.2) is 13.6 Å². The van der Waals surface area contributed by atoms with Crippen LogP contribution in [0.2, 0.25) is 5.02 Å². The van der Waals surface area contributed by atoms with E-state index in [4.69, 9.17) is 11.6 Å². The van der Waals surface area contributed by atoms with E-state index in [0.29, 0.717) is 5.92 Å². The zero-order valence-electron chi connectivity index (χ0n) is 10.6. The molecule has 0 bridgehead atoms. The van der Waals surface area contributed by atoms with E-state index in [0.717, 1.165) is 17.5 Å². The predicted molar refractivity (Wildman–Crippen MR) is 74.7 cm³/mol. The van der Waals surface area contributed by atoms with E-state index in [1.165, 1.54) is 37.7 Å². The van der Waals surface area contributed by atoms with E-state index in [9.17, 15) is 0 Å². The molecule has 94 valence electrons. The fourth-order valence-electron chi connectivity index (χ4n) is 3.04. The summed E-state index contributed by atoms with van der Waals surface area (Å²) in [5.74, 6) is 1.59. The summed E-state index contributed by atoms with van der Waals surface area (Å²) in [5, 5.41) is 4.12. The van der Waals surface area contributed by atoms with Gasteiger partial charge >= 0.3 is 0 Å². The van der Waals surface area contributed by atoms with Gasteiger partial charge in [-0.1, -0.05) is 36.6 Å². The van der Waals surface area contributed by atoms with Crippen LogP contribution in [0.15, 0.2) is 24.3 Å². The van der Waals surface area contributed by atoms with Gasteiger partial charge in [-0.2, -0.15) is 0 Å². The standard InChI is InChI=1S/C15H22ClN/c1-17-11-10-15(12-4-2-3-5-12)13-6-8-14(16)9-7-13/h6-9,12,15,17H,2-5,10-11H2,1H3. The molecule has 0 aromatic heterocycles. The largest absolute Gasteiger partial charge is 0.320 e. The molecule has 0 amide bonds. The quantitative estimate of drug-likeness (QED) is 0.826. The first-order valence-corrected chi connectivity index (χ1v) is 7.09. The minimum absolute atomic E-state index is 0.710. The number of benzene rings is 1. The highest BCUT2D eigenvalue weighted by Gasteiger charge is 2.25. The van der Waals surface area contributed by atoms with Crippen molar-refractivity contribution in [3.63, 3.8) is 0 Å². The second kappa shape index (κ2) is 6.42. The molecule has 1 aromatic rings. The molecule has 0 aliphatic heterocycles. The van der Waals surface area contributed by atoms with Gasteiger partial charge in [0.15, 0.2) is 0 Å². The molecule has 17 heavy (non-hydrogen) atoms. The Labute approximate surface area is 110 Å². The lowest BCUT2D eigenvalue weighted by Gasteiger charge is -2.24. The molecule has 1 unspecified atom stereocenters. The summed E-state index contributed by atoms with van der Waals surface area (Å²) in [7, 11) is 2.04. The van der Waals surface area contributed by atoms with Crippen LogP contribution in [0.5, 0.6) is 0 Å². The van der Waals surface area contributed by atoms with Crippen molar-refractivity contribution in [1.29, 1.82) is 0 Å².